The van der Waals surface area contributed by atoms with Crippen molar-refractivity contribution in [1.82, 2.24) is 5.32 Å². The predicted molar refractivity (Wildman–Crippen MR) is 90.8 cm³/mol. The van der Waals surface area contributed by atoms with Gasteiger partial charge in [0.25, 0.3) is 5.91 Å². The molecule has 22 heavy (non-hydrogen) atoms. The van der Waals surface area contributed by atoms with Gasteiger partial charge in [-0.25, -0.2) is 0 Å². The highest BCUT2D eigenvalue weighted by Crippen LogP contribution is 2.12. The van der Waals surface area contributed by atoms with Crippen molar-refractivity contribution in [2.75, 3.05) is 12.3 Å². The lowest BCUT2D eigenvalue weighted by Gasteiger charge is -2.06. The number of aryl methyl sites for hydroxylation is 1. The molecule has 0 aliphatic heterocycles. The van der Waals surface area contributed by atoms with E-state index in [1.807, 2.05) is 6.07 Å². The van der Waals surface area contributed by atoms with Crippen LogP contribution in [0.15, 0.2) is 48.5 Å². The smallest absolute Gasteiger partial charge is 0.251 e. The van der Waals surface area contributed by atoms with Gasteiger partial charge in [-0.05, 0) is 36.8 Å². The van der Waals surface area contributed by atoms with Crippen LogP contribution in [0.5, 0.6) is 0 Å². The summed E-state index contributed by atoms with van der Waals surface area (Å²) in [7, 11) is 0. The SMILES string of the molecule is Cc1ccc(CSCCNC(=O)c2ccc(C#N)cc2)cc1. The molecule has 0 saturated heterocycles. The van der Waals surface area contributed by atoms with E-state index in [0.29, 0.717) is 17.7 Å². The molecular formula is C18H18N2OS. The summed E-state index contributed by atoms with van der Waals surface area (Å²) >= 11 is 1.80. The number of hydrogen-bond acceptors (Lipinski definition) is 3. The van der Waals surface area contributed by atoms with Gasteiger partial charge in [0.1, 0.15) is 0 Å². The van der Waals surface area contributed by atoms with Crippen molar-refractivity contribution in [3.8, 4) is 6.07 Å². The maximum absolute atomic E-state index is 11.9. The van der Waals surface area contributed by atoms with Gasteiger partial charge >= 0.3 is 0 Å². The van der Waals surface area contributed by atoms with Gasteiger partial charge in [-0.3, -0.25) is 4.79 Å². The van der Waals surface area contributed by atoms with E-state index in [4.69, 9.17) is 5.26 Å². The zero-order valence-electron chi connectivity index (χ0n) is 12.5. The second-order valence-corrected chi connectivity index (χ2v) is 6.09. The summed E-state index contributed by atoms with van der Waals surface area (Å²) in [6.45, 7) is 2.71. The largest absolute Gasteiger partial charge is 0.351 e. The molecule has 2 aromatic rings. The van der Waals surface area contributed by atoms with Gasteiger partial charge in [0.05, 0.1) is 11.6 Å². The summed E-state index contributed by atoms with van der Waals surface area (Å²) in [5.74, 6) is 1.73. The van der Waals surface area contributed by atoms with E-state index in [1.165, 1.54) is 11.1 Å². The Kier molecular flexibility index (Phi) is 6.05. The average molecular weight is 310 g/mol. The maximum Gasteiger partial charge on any atom is 0.251 e. The topological polar surface area (TPSA) is 52.9 Å². The summed E-state index contributed by atoms with van der Waals surface area (Å²) in [5.41, 5.74) is 3.71. The first-order chi connectivity index (χ1) is 10.7. The zero-order chi connectivity index (χ0) is 15.8. The molecule has 0 spiro atoms. The molecule has 2 rings (SSSR count). The third-order valence-corrected chi connectivity index (χ3v) is 4.23. The third kappa shape index (κ3) is 4.94. The van der Waals surface area contributed by atoms with Crippen molar-refractivity contribution in [1.29, 1.82) is 5.26 Å². The molecule has 112 valence electrons. The molecule has 0 bridgehead atoms. The summed E-state index contributed by atoms with van der Waals surface area (Å²) in [6, 6.07) is 17.2. The van der Waals surface area contributed by atoms with Gasteiger partial charge < -0.3 is 5.32 Å². The molecule has 0 saturated carbocycles. The number of carbonyl (C=O) groups is 1. The fourth-order valence-corrected chi connectivity index (χ4v) is 2.73. The number of nitriles is 1. The molecule has 0 aliphatic carbocycles. The Bertz CT molecular complexity index is 657. The molecule has 0 aromatic heterocycles. The Balaban J connectivity index is 1.68. The molecule has 1 amide bonds. The molecule has 0 aliphatic rings. The molecule has 1 N–H and O–H groups in total. The Morgan fingerprint density at radius 3 is 2.45 bits per heavy atom. The van der Waals surface area contributed by atoms with Crippen LogP contribution in [0.25, 0.3) is 0 Å². The number of rotatable bonds is 6. The second-order valence-electron chi connectivity index (χ2n) is 4.98. The van der Waals surface area contributed by atoms with Gasteiger partial charge in [-0.2, -0.15) is 17.0 Å². The third-order valence-electron chi connectivity index (χ3n) is 3.20. The number of amides is 1. The molecule has 0 fully saturated rings. The lowest BCUT2D eigenvalue weighted by molar-refractivity contribution is 0.0956. The summed E-state index contributed by atoms with van der Waals surface area (Å²) in [5, 5.41) is 11.6. The molecule has 0 heterocycles. The van der Waals surface area contributed by atoms with Gasteiger partial charge in [-0.15, -0.1) is 0 Å². The highest BCUT2D eigenvalue weighted by molar-refractivity contribution is 7.98. The van der Waals surface area contributed by atoms with Crippen LogP contribution in [-0.2, 0) is 5.75 Å². The summed E-state index contributed by atoms with van der Waals surface area (Å²) in [4.78, 5) is 11.9. The van der Waals surface area contributed by atoms with Crippen LogP contribution >= 0.6 is 11.8 Å². The monoisotopic (exact) mass is 310 g/mol. The molecule has 0 unspecified atom stereocenters. The van der Waals surface area contributed by atoms with Crippen LogP contribution < -0.4 is 5.32 Å². The van der Waals surface area contributed by atoms with Crippen molar-refractivity contribution < 1.29 is 4.79 Å². The van der Waals surface area contributed by atoms with Gasteiger partial charge in [-0.1, -0.05) is 29.8 Å². The Hall–Kier alpha value is -2.25. The maximum atomic E-state index is 11.9. The minimum Gasteiger partial charge on any atom is -0.351 e. The minimum atomic E-state index is -0.0968. The van der Waals surface area contributed by atoms with Crippen LogP contribution in [-0.4, -0.2) is 18.2 Å². The predicted octanol–water partition coefficient (Wildman–Crippen LogP) is 3.53. The lowest BCUT2D eigenvalue weighted by atomic mass is 10.1. The van der Waals surface area contributed by atoms with E-state index >= 15 is 0 Å². The second kappa shape index (κ2) is 8.26. The first-order valence-electron chi connectivity index (χ1n) is 7.10. The van der Waals surface area contributed by atoms with Crippen molar-refractivity contribution in [2.45, 2.75) is 12.7 Å². The quantitative estimate of drug-likeness (QED) is 0.830. The van der Waals surface area contributed by atoms with Crippen LogP contribution in [0.1, 0.15) is 27.0 Å². The number of nitrogens with one attached hydrogen (secondary N) is 1. The number of benzene rings is 2. The van der Waals surface area contributed by atoms with Crippen LogP contribution in [0.4, 0.5) is 0 Å². The molecule has 4 heteroatoms. The molecule has 0 radical (unpaired) electrons. The Morgan fingerprint density at radius 1 is 1.14 bits per heavy atom. The van der Waals surface area contributed by atoms with Crippen molar-refractivity contribution >= 4 is 17.7 Å². The Labute approximate surface area is 135 Å². The fraction of sp³-hybridized carbons (Fsp3) is 0.222. The van der Waals surface area contributed by atoms with E-state index in [2.05, 4.69) is 36.5 Å². The van der Waals surface area contributed by atoms with E-state index in [9.17, 15) is 4.79 Å². The van der Waals surface area contributed by atoms with Crippen molar-refractivity contribution in [3.63, 3.8) is 0 Å². The van der Waals surface area contributed by atoms with Crippen LogP contribution in [0, 0.1) is 18.3 Å². The van der Waals surface area contributed by atoms with E-state index in [0.717, 1.165) is 11.5 Å². The highest BCUT2D eigenvalue weighted by Gasteiger charge is 2.04. The van der Waals surface area contributed by atoms with Gasteiger partial charge in [0.15, 0.2) is 0 Å². The highest BCUT2D eigenvalue weighted by atomic mass is 32.2. The number of carbonyl (C=O) groups excluding carboxylic acids is 1. The lowest BCUT2D eigenvalue weighted by Crippen LogP contribution is -2.25. The van der Waals surface area contributed by atoms with Gasteiger partial charge in [0.2, 0.25) is 0 Å². The molecule has 2 aromatic carbocycles. The van der Waals surface area contributed by atoms with E-state index < -0.39 is 0 Å². The van der Waals surface area contributed by atoms with E-state index in [-0.39, 0.29) is 5.91 Å². The normalized spacial score (nSPS) is 10.0. The van der Waals surface area contributed by atoms with Crippen molar-refractivity contribution in [3.05, 3.63) is 70.8 Å². The summed E-state index contributed by atoms with van der Waals surface area (Å²) < 4.78 is 0. The Morgan fingerprint density at radius 2 is 1.82 bits per heavy atom. The average Bonchev–Trinajstić information content (AvgIpc) is 2.56. The first-order valence-corrected chi connectivity index (χ1v) is 8.26. The van der Waals surface area contributed by atoms with E-state index in [1.54, 1.807) is 36.0 Å². The molecular weight excluding hydrogens is 292 g/mol. The van der Waals surface area contributed by atoms with Crippen molar-refractivity contribution in [2.24, 2.45) is 0 Å². The first kappa shape index (κ1) is 16.1. The summed E-state index contributed by atoms with van der Waals surface area (Å²) in [6.07, 6.45) is 0. The number of nitrogens with zero attached hydrogens (tertiary/aromatic N) is 1. The van der Waals surface area contributed by atoms with Gasteiger partial charge in [0, 0.05) is 23.6 Å². The number of thioether (sulfide) groups is 1. The molecule has 0 atom stereocenters. The number of hydrogen-bond donors (Lipinski definition) is 1. The zero-order valence-corrected chi connectivity index (χ0v) is 13.3. The van der Waals surface area contributed by atoms with Crippen LogP contribution in [0.3, 0.4) is 0 Å². The van der Waals surface area contributed by atoms with Crippen LogP contribution in [0.2, 0.25) is 0 Å². The standard InChI is InChI=1S/C18H18N2OS/c1-14-2-4-16(5-3-14)13-22-11-10-20-18(21)17-8-6-15(12-19)7-9-17/h2-9H,10-11,13H2,1H3,(H,20,21). The molecule has 3 nitrogen and oxygen atoms in total. The fourth-order valence-electron chi connectivity index (χ4n) is 1.91. The minimum absolute atomic E-state index is 0.0968.